The van der Waals surface area contributed by atoms with Crippen molar-refractivity contribution < 1.29 is 0 Å². The van der Waals surface area contributed by atoms with Gasteiger partial charge in [0.15, 0.2) is 8.07 Å². The van der Waals surface area contributed by atoms with E-state index in [0.29, 0.717) is 0 Å². The zero-order chi connectivity index (χ0) is 42.5. The van der Waals surface area contributed by atoms with E-state index in [2.05, 4.69) is 264 Å². The molecule has 0 bridgehead atoms. The first-order valence-corrected chi connectivity index (χ1v) is 24.7. The molecule has 0 saturated heterocycles. The molecule has 0 N–H and O–H groups in total. The van der Waals surface area contributed by atoms with Crippen LogP contribution in [-0.2, 0) is 0 Å². The van der Waals surface area contributed by atoms with Crippen molar-refractivity contribution in [2.75, 3.05) is 4.90 Å². The summed E-state index contributed by atoms with van der Waals surface area (Å²) in [7, 11) is -2.73. The summed E-state index contributed by atoms with van der Waals surface area (Å²) in [5.74, 6) is 0. The van der Waals surface area contributed by atoms with Crippen LogP contribution in [0.1, 0.15) is 0 Å². The van der Waals surface area contributed by atoms with E-state index in [9.17, 15) is 0 Å². The summed E-state index contributed by atoms with van der Waals surface area (Å²) in [6.07, 6.45) is 0. The number of fused-ring (bicyclic) bond motifs is 6. The summed E-state index contributed by atoms with van der Waals surface area (Å²) in [5.41, 5.74) is 9.24. The fourth-order valence-corrected chi connectivity index (χ4v) is 15.9. The van der Waals surface area contributed by atoms with Crippen LogP contribution < -0.4 is 25.6 Å². The zero-order valence-electron chi connectivity index (χ0n) is 35.1. The summed E-state index contributed by atoms with van der Waals surface area (Å²) < 4.78 is 5.05. The van der Waals surface area contributed by atoms with Gasteiger partial charge in [-0.1, -0.05) is 182 Å². The van der Waals surface area contributed by atoms with Crippen molar-refractivity contribution in [3.63, 3.8) is 0 Å². The smallest absolute Gasteiger partial charge is 0.179 e. The fraction of sp³-hybridized carbons (Fsp3) is 0. The van der Waals surface area contributed by atoms with Crippen molar-refractivity contribution in [1.82, 2.24) is 4.57 Å². The minimum Gasteiger partial charge on any atom is -0.310 e. The molecule has 10 aromatic carbocycles. The van der Waals surface area contributed by atoms with Gasteiger partial charge in [0.05, 0.1) is 16.7 Å². The SMILES string of the molecule is c1ccc(-n2c3ccccc3c3c(N(c4ccc(-c5ccc6sc7ccccc7c6c5)cc4)c4ccc([Si](c5ccccc5)(c5ccccc5)c5ccccc5)cc4)cccc32)cc1. The summed E-state index contributed by atoms with van der Waals surface area (Å²) in [6, 6.07) is 94.2. The first-order valence-electron chi connectivity index (χ1n) is 21.9. The Balaban J connectivity index is 1.06. The molecule has 0 spiro atoms. The maximum absolute atomic E-state index is 2.73. The summed E-state index contributed by atoms with van der Waals surface area (Å²) in [4.78, 5) is 2.46. The highest BCUT2D eigenvalue weighted by atomic mass is 32.1. The molecule has 0 saturated carbocycles. The monoisotopic (exact) mass is 850 g/mol. The van der Waals surface area contributed by atoms with Gasteiger partial charge in [0.2, 0.25) is 0 Å². The molecule has 0 radical (unpaired) electrons. The van der Waals surface area contributed by atoms with Crippen LogP contribution in [0.5, 0.6) is 0 Å². The van der Waals surface area contributed by atoms with Gasteiger partial charge in [0.1, 0.15) is 0 Å². The highest BCUT2D eigenvalue weighted by Crippen LogP contribution is 2.44. The summed E-state index contributed by atoms with van der Waals surface area (Å²) >= 11 is 1.86. The average Bonchev–Trinajstić information content (AvgIpc) is 3.92. The Morgan fingerprint density at radius 2 is 0.828 bits per heavy atom. The van der Waals surface area contributed by atoms with Crippen LogP contribution in [0, 0.1) is 0 Å². The number of anilines is 3. The topological polar surface area (TPSA) is 8.17 Å². The number of hydrogen-bond donors (Lipinski definition) is 0. The summed E-state index contributed by atoms with van der Waals surface area (Å²) in [5, 5.41) is 10.5. The maximum Gasteiger partial charge on any atom is 0.179 e. The number of aromatic nitrogens is 1. The van der Waals surface area contributed by atoms with E-state index in [4.69, 9.17) is 0 Å². The number of rotatable bonds is 9. The van der Waals surface area contributed by atoms with Crippen molar-refractivity contribution in [1.29, 1.82) is 0 Å². The Labute approximate surface area is 378 Å². The van der Waals surface area contributed by atoms with Crippen molar-refractivity contribution in [2.45, 2.75) is 0 Å². The third kappa shape index (κ3) is 6.22. The van der Waals surface area contributed by atoms with Gasteiger partial charge in [-0.3, -0.25) is 0 Å². The first-order chi connectivity index (χ1) is 31.8. The Morgan fingerprint density at radius 1 is 0.344 bits per heavy atom. The van der Waals surface area contributed by atoms with Gasteiger partial charge >= 0.3 is 0 Å². The molecule has 302 valence electrons. The molecule has 0 aliphatic heterocycles. The minimum absolute atomic E-state index is 1.10. The standard InChI is InChI=1S/C60H42N2SSi/c1-5-18-45(19-6-1)62-55-28-15-13-27-53(55)60-56(29-17-30-57(60)62)61(46-35-32-43(33-36-46)44-34-41-59-54(42-44)52-26-14-16-31-58(52)63-59)47-37-39-51(40-38-47)64(48-20-7-2-8-21-48,49-22-9-3-10-23-49)50-24-11-4-12-25-50/h1-42H. The van der Waals surface area contributed by atoms with Crippen LogP contribution in [0.2, 0.25) is 0 Å². The maximum atomic E-state index is 2.46. The van der Waals surface area contributed by atoms with Crippen molar-refractivity contribution >= 4 is 99.2 Å². The van der Waals surface area contributed by atoms with Crippen molar-refractivity contribution in [3.05, 3.63) is 255 Å². The lowest BCUT2D eigenvalue weighted by atomic mass is 10.0. The molecule has 2 nitrogen and oxygen atoms in total. The molecule has 0 aliphatic carbocycles. The molecule has 0 fully saturated rings. The third-order valence-corrected chi connectivity index (χ3v) is 18.9. The highest BCUT2D eigenvalue weighted by Gasteiger charge is 2.41. The van der Waals surface area contributed by atoms with Crippen LogP contribution in [0.4, 0.5) is 17.1 Å². The van der Waals surface area contributed by atoms with Gasteiger partial charge in [0, 0.05) is 48.0 Å². The number of nitrogens with zero attached hydrogens (tertiary/aromatic N) is 2. The second kappa shape index (κ2) is 15.9. The molecule has 0 aliphatic rings. The lowest BCUT2D eigenvalue weighted by Crippen LogP contribution is -2.74. The predicted molar refractivity (Wildman–Crippen MR) is 277 cm³/mol. The molecule has 0 unspecified atom stereocenters. The van der Waals surface area contributed by atoms with Gasteiger partial charge in [0.25, 0.3) is 0 Å². The molecule has 0 atom stereocenters. The van der Waals surface area contributed by atoms with E-state index in [0.717, 1.165) is 22.7 Å². The normalized spacial score (nSPS) is 11.8. The van der Waals surface area contributed by atoms with Gasteiger partial charge < -0.3 is 9.47 Å². The lowest BCUT2D eigenvalue weighted by Gasteiger charge is -2.35. The molecule has 2 heterocycles. The quantitative estimate of drug-likeness (QED) is 0.104. The average molecular weight is 851 g/mol. The van der Waals surface area contributed by atoms with E-state index in [1.54, 1.807) is 0 Å². The Kier molecular flexibility index (Phi) is 9.40. The first kappa shape index (κ1) is 38.0. The highest BCUT2D eigenvalue weighted by molar-refractivity contribution is 7.25. The minimum atomic E-state index is -2.73. The second-order valence-electron chi connectivity index (χ2n) is 16.4. The Morgan fingerprint density at radius 3 is 1.47 bits per heavy atom. The lowest BCUT2D eigenvalue weighted by molar-refractivity contribution is 1.18. The zero-order valence-corrected chi connectivity index (χ0v) is 36.9. The van der Waals surface area contributed by atoms with Crippen LogP contribution in [0.25, 0.3) is 58.8 Å². The molecule has 0 amide bonds. The van der Waals surface area contributed by atoms with Crippen molar-refractivity contribution in [2.24, 2.45) is 0 Å². The van der Waals surface area contributed by atoms with Crippen LogP contribution >= 0.6 is 11.3 Å². The van der Waals surface area contributed by atoms with Gasteiger partial charge in [-0.05, 0) is 105 Å². The molecule has 4 heteroatoms. The van der Waals surface area contributed by atoms with E-state index in [1.165, 1.54) is 73.9 Å². The van der Waals surface area contributed by atoms with E-state index in [1.807, 2.05) is 11.3 Å². The third-order valence-electron chi connectivity index (χ3n) is 12.9. The van der Waals surface area contributed by atoms with Crippen LogP contribution in [0.15, 0.2) is 255 Å². The van der Waals surface area contributed by atoms with E-state index >= 15 is 0 Å². The number of benzene rings is 10. The number of thiophene rings is 1. The van der Waals surface area contributed by atoms with E-state index in [-0.39, 0.29) is 0 Å². The molecular formula is C60H42N2SSi. The van der Waals surface area contributed by atoms with Crippen LogP contribution in [0.3, 0.4) is 0 Å². The van der Waals surface area contributed by atoms with Gasteiger partial charge in [-0.15, -0.1) is 11.3 Å². The Bertz CT molecular complexity index is 3490. The largest absolute Gasteiger partial charge is 0.310 e. The fourth-order valence-electron chi connectivity index (χ4n) is 10.1. The van der Waals surface area contributed by atoms with E-state index < -0.39 is 8.07 Å². The molecule has 2 aromatic heterocycles. The molecule has 12 aromatic rings. The van der Waals surface area contributed by atoms with Crippen molar-refractivity contribution in [3.8, 4) is 16.8 Å². The number of hydrogen-bond acceptors (Lipinski definition) is 2. The molecule has 12 rings (SSSR count). The van der Waals surface area contributed by atoms with Gasteiger partial charge in [-0.25, -0.2) is 0 Å². The molecular weight excluding hydrogens is 809 g/mol. The Hall–Kier alpha value is -7.76. The molecule has 64 heavy (non-hydrogen) atoms. The number of para-hydroxylation sites is 2. The van der Waals surface area contributed by atoms with Crippen LogP contribution in [-0.4, -0.2) is 12.6 Å². The summed E-state index contributed by atoms with van der Waals surface area (Å²) in [6.45, 7) is 0. The second-order valence-corrected chi connectivity index (χ2v) is 21.3. The van der Waals surface area contributed by atoms with Gasteiger partial charge in [-0.2, -0.15) is 0 Å². The predicted octanol–water partition coefficient (Wildman–Crippen LogP) is 13.7.